The smallest absolute Gasteiger partial charge is 0.340 e. The van der Waals surface area contributed by atoms with Crippen molar-refractivity contribution in [2.75, 3.05) is 31.1 Å². The van der Waals surface area contributed by atoms with Crippen molar-refractivity contribution in [3.63, 3.8) is 0 Å². The van der Waals surface area contributed by atoms with Gasteiger partial charge in [-0.05, 0) is 87.1 Å². The molecule has 0 radical (unpaired) electrons. The number of benzene rings is 3. The summed E-state index contributed by atoms with van der Waals surface area (Å²) < 4.78 is 40.2. The highest BCUT2D eigenvalue weighted by atomic mass is 32.2. The Morgan fingerprint density at radius 2 is 1.44 bits per heavy atom. The summed E-state index contributed by atoms with van der Waals surface area (Å²) in [4.78, 5) is 6.60. The normalized spacial score (nSPS) is 16.9. The van der Waals surface area contributed by atoms with Crippen LogP contribution in [-0.2, 0) is 6.18 Å². The molecule has 0 aliphatic carbocycles. The van der Waals surface area contributed by atoms with Gasteiger partial charge in [-0.15, -0.1) is 0 Å². The summed E-state index contributed by atoms with van der Waals surface area (Å²) in [5.74, 6) is 0.652. The van der Waals surface area contributed by atoms with E-state index in [2.05, 4.69) is 40.1 Å². The zero-order valence-corrected chi connectivity index (χ0v) is 19.9. The van der Waals surface area contributed by atoms with Crippen LogP contribution in [0.5, 0.6) is 0 Å². The number of para-hydroxylation sites is 1. The Bertz CT molecular complexity index is 1110. The van der Waals surface area contributed by atoms with E-state index in [-0.39, 0.29) is 0 Å². The van der Waals surface area contributed by atoms with Gasteiger partial charge >= 0.3 is 6.18 Å². The standard InChI is InChI=1S/C28H29F3N2S/c29-28(30,31)23-12-13-27-25(20-23)33(24-10-4-5-11-26(24)34-27)17-7-6-16-32-18-14-22(15-19-32)21-8-2-1-3-9-21/h1-5,8-13,20,22H,6-7,14-19H2. The predicted molar refractivity (Wildman–Crippen MR) is 133 cm³/mol. The number of anilines is 2. The quantitative estimate of drug-likeness (QED) is 0.329. The van der Waals surface area contributed by atoms with Gasteiger partial charge in [0.1, 0.15) is 0 Å². The van der Waals surface area contributed by atoms with E-state index < -0.39 is 11.7 Å². The van der Waals surface area contributed by atoms with Crippen LogP contribution in [0.15, 0.2) is 82.6 Å². The van der Waals surface area contributed by atoms with Crippen molar-refractivity contribution in [1.82, 2.24) is 4.90 Å². The Labute approximate surface area is 203 Å². The second-order valence-corrected chi connectivity index (χ2v) is 10.2. The van der Waals surface area contributed by atoms with Crippen LogP contribution in [0.25, 0.3) is 0 Å². The van der Waals surface area contributed by atoms with E-state index in [1.807, 2.05) is 24.3 Å². The number of piperidine rings is 1. The van der Waals surface area contributed by atoms with Gasteiger partial charge in [-0.25, -0.2) is 0 Å². The maximum absolute atomic E-state index is 13.4. The van der Waals surface area contributed by atoms with Gasteiger partial charge in [-0.3, -0.25) is 0 Å². The van der Waals surface area contributed by atoms with E-state index in [1.165, 1.54) is 30.5 Å². The molecule has 3 aromatic rings. The predicted octanol–water partition coefficient (Wildman–Crippen LogP) is 7.97. The molecule has 5 rings (SSSR count). The Hall–Kier alpha value is -2.44. The van der Waals surface area contributed by atoms with Gasteiger partial charge in [0.25, 0.3) is 0 Å². The molecule has 0 spiro atoms. The van der Waals surface area contributed by atoms with Gasteiger partial charge in [-0.1, -0.05) is 54.2 Å². The third-order valence-corrected chi connectivity index (χ3v) is 8.05. The monoisotopic (exact) mass is 482 g/mol. The van der Waals surface area contributed by atoms with Crippen LogP contribution in [0.4, 0.5) is 24.5 Å². The Kier molecular flexibility index (Phi) is 6.89. The van der Waals surface area contributed by atoms with Crippen LogP contribution >= 0.6 is 11.8 Å². The molecule has 178 valence electrons. The SMILES string of the molecule is FC(F)(F)c1ccc2c(c1)N(CCCCN1CCC(c3ccccc3)CC1)c1ccccc1S2. The van der Waals surface area contributed by atoms with Crippen molar-refractivity contribution in [2.24, 2.45) is 0 Å². The molecule has 6 heteroatoms. The van der Waals surface area contributed by atoms with Gasteiger partial charge in [0.15, 0.2) is 0 Å². The molecule has 2 aliphatic heterocycles. The maximum Gasteiger partial charge on any atom is 0.416 e. The molecule has 0 bridgehead atoms. The van der Waals surface area contributed by atoms with E-state index in [1.54, 1.807) is 17.8 Å². The summed E-state index contributed by atoms with van der Waals surface area (Å²) in [6, 6.07) is 22.9. The lowest BCUT2D eigenvalue weighted by atomic mass is 9.89. The van der Waals surface area contributed by atoms with Crippen molar-refractivity contribution >= 4 is 23.1 Å². The first kappa shape index (κ1) is 23.3. The first-order valence-corrected chi connectivity index (χ1v) is 12.8. The van der Waals surface area contributed by atoms with E-state index in [9.17, 15) is 13.2 Å². The zero-order valence-electron chi connectivity index (χ0n) is 19.1. The summed E-state index contributed by atoms with van der Waals surface area (Å²) in [5.41, 5.74) is 2.53. The summed E-state index contributed by atoms with van der Waals surface area (Å²) in [6.45, 7) is 3.98. The van der Waals surface area contributed by atoms with E-state index in [0.29, 0.717) is 18.2 Å². The van der Waals surface area contributed by atoms with Gasteiger partial charge in [-0.2, -0.15) is 13.2 Å². The van der Waals surface area contributed by atoms with Gasteiger partial charge in [0.2, 0.25) is 0 Å². The molecule has 0 atom stereocenters. The van der Waals surface area contributed by atoms with Gasteiger partial charge in [0.05, 0.1) is 16.9 Å². The molecule has 0 aromatic heterocycles. The minimum absolute atomic E-state index is 0.586. The highest BCUT2D eigenvalue weighted by Crippen LogP contribution is 2.49. The van der Waals surface area contributed by atoms with Crippen molar-refractivity contribution < 1.29 is 13.2 Å². The highest BCUT2D eigenvalue weighted by molar-refractivity contribution is 7.99. The van der Waals surface area contributed by atoms with Gasteiger partial charge < -0.3 is 9.80 Å². The third kappa shape index (κ3) is 5.13. The lowest BCUT2D eigenvalue weighted by Gasteiger charge is -2.34. The summed E-state index contributed by atoms with van der Waals surface area (Å²) >= 11 is 1.55. The largest absolute Gasteiger partial charge is 0.416 e. The number of likely N-dealkylation sites (tertiary alicyclic amines) is 1. The van der Waals surface area contributed by atoms with E-state index in [4.69, 9.17) is 0 Å². The first-order valence-electron chi connectivity index (χ1n) is 12.0. The lowest BCUT2D eigenvalue weighted by molar-refractivity contribution is -0.137. The Morgan fingerprint density at radius 1 is 0.765 bits per heavy atom. The number of rotatable bonds is 6. The maximum atomic E-state index is 13.4. The molecular formula is C28H29F3N2S. The Balaban J connectivity index is 1.20. The molecule has 0 saturated carbocycles. The van der Waals surface area contributed by atoms with Crippen LogP contribution in [-0.4, -0.2) is 31.1 Å². The average Bonchev–Trinajstić information content (AvgIpc) is 2.86. The van der Waals surface area contributed by atoms with Crippen molar-refractivity contribution in [1.29, 1.82) is 0 Å². The molecule has 3 aromatic carbocycles. The fourth-order valence-electron chi connectivity index (χ4n) is 5.07. The Morgan fingerprint density at radius 3 is 2.21 bits per heavy atom. The first-order chi connectivity index (χ1) is 16.5. The minimum Gasteiger partial charge on any atom is -0.340 e. The van der Waals surface area contributed by atoms with Crippen LogP contribution in [0, 0.1) is 0 Å². The lowest BCUT2D eigenvalue weighted by Crippen LogP contribution is -2.34. The number of fused-ring (bicyclic) bond motifs is 2. The number of halogens is 3. The van der Waals surface area contributed by atoms with Crippen molar-refractivity contribution in [3.8, 4) is 0 Å². The molecule has 2 heterocycles. The second-order valence-electron chi connectivity index (χ2n) is 9.14. The molecule has 1 saturated heterocycles. The summed E-state index contributed by atoms with van der Waals surface area (Å²) in [5, 5.41) is 0. The fourth-order valence-corrected chi connectivity index (χ4v) is 6.14. The zero-order chi connectivity index (χ0) is 23.5. The van der Waals surface area contributed by atoms with Crippen LogP contribution < -0.4 is 4.90 Å². The number of unbranched alkanes of at least 4 members (excludes halogenated alkanes) is 1. The van der Waals surface area contributed by atoms with Crippen molar-refractivity contribution in [2.45, 2.75) is 47.6 Å². The number of hydrogen-bond acceptors (Lipinski definition) is 3. The second kappa shape index (κ2) is 10.0. The average molecular weight is 483 g/mol. The third-order valence-electron chi connectivity index (χ3n) is 6.92. The van der Waals surface area contributed by atoms with Crippen molar-refractivity contribution in [3.05, 3.63) is 83.9 Å². The molecule has 34 heavy (non-hydrogen) atoms. The minimum atomic E-state index is -4.34. The van der Waals surface area contributed by atoms with E-state index >= 15 is 0 Å². The summed E-state index contributed by atoms with van der Waals surface area (Å²) in [7, 11) is 0. The molecule has 2 aliphatic rings. The molecule has 0 N–H and O–H groups in total. The van der Waals surface area contributed by atoms with Crippen LogP contribution in [0.3, 0.4) is 0 Å². The molecule has 1 fully saturated rings. The molecule has 0 amide bonds. The molecule has 0 unspecified atom stereocenters. The molecular weight excluding hydrogens is 453 g/mol. The number of alkyl halides is 3. The summed E-state index contributed by atoms with van der Waals surface area (Å²) in [6.07, 6.45) is 0.0142. The fraction of sp³-hybridized carbons (Fsp3) is 0.357. The number of hydrogen-bond donors (Lipinski definition) is 0. The highest BCUT2D eigenvalue weighted by Gasteiger charge is 2.33. The molecule has 2 nitrogen and oxygen atoms in total. The number of nitrogens with zero attached hydrogens (tertiary/aromatic N) is 2. The van der Waals surface area contributed by atoms with E-state index in [0.717, 1.165) is 48.0 Å². The van der Waals surface area contributed by atoms with Gasteiger partial charge in [0, 0.05) is 16.3 Å². The topological polar surface area (TPSA) is 6.48 Å². The van der Waals surface area contributed by atoms with Crippen LogP contribution in [0.1, 0.15) is 42.7 Å². The van der Waals surface area contributed by atoms with Crippen LogP contribution in [0.2, 0.25) is 0 Å².